The van der Waals surface area contributed by atoms with Crippen LogP contribution in [-0.4, -0.2) is 41.5 Å². The lowest BCUT2D eigenvalue weighted by Crippen LogP contribution is -2.50. The fraction of sp³-hybridized carbons (Fsp3) is 0.583. The predicted molar refractivity (Wildman–Crippen MR) is 64.1 cm³/mol. The van der Waals surface area contributed by atoms with Crippen molar-refractivity contribution in [2.75, 3.05) is 13.2 Å². The Bertz CT molecular complexity index is 605. The molecule has 5 nitrogen and oxygen atoms in total. The van der Waals surface area contributed by atoms with Gasteiger partial charge in [-0.3, -0.25) is 0 Å². The Balaban J connectivity index is 3.57. The summed E-state index contributed by atoms with van der Waals surface area (Å²) in [5.41, 5.74) is -3.46. The molecule has 0 aliphatic carbocycles. The minimum atomic E-state index is -6.57. The number of esters is 1. The van der Waals surface area contributed by atoms with Crippen LogP contribution < -0.4 is 4.74 Å². The summed E-state index contributed by atoms with van der Waals surface area (Å²) >= 11 is 0. The van der Waals surface area contributed by atoms with E-state index in [0.717, 1.165) is 0 Å². The van der Waals surface area contributed by atoms with Gasteiger partial charge in [0.2, 0.25) is 5.88 Å². The van der Waals surface area contributed by atoms with Crippen LogP contribution in [0.4, 0.5) is 30.7 Å². The van der Waals surface area contributed by atoms with E-state index in [0.29, 0.717) is 0 Å². The van der Waals surface area contributed by atoms with Crippen LogP contribution in [0.2, 0.25) is 0 Å². The number of alkyl halides is 7. The van der Waals surface area contributed by atoms with Gasteiger partial charge in [0.25, 0.3) is 0 Å². The maximum Gasteiger partial charge on any atom is 0.460 e. The first kappa shape index (κ1) is 19.9. The van der Waals surface area contributed by atoms with Crippen molar-refractivity contribution in [3.8, 4) is 5.88 Å². The van der Waals surface area contributed by atoms with Gasteiger partial charge in [-0.2, -0.15) is 30.7 Å². The number of rotatable bonds is 6. The Labute approximate surface area is 130 Å². The molecule has 1 heterocycles. The highest BCUT2D eigenvalue weighted by atomic mass is 19.4. The molecule has 0 saturated carbocycles. The number of carbonyl (C=O) groups excluding carboxylic acids is 1. The lowest BCUT2D eigenvalue weighted by molar-refractivity contribution is -0.359. The minimum Gasteiger partial charge on any atom is -0.477 e. The molecule has 0 aromatic carbocycles. The second-order valence-electron chi connectivity index (χ2n) is 4.24. The van der Waals surface area contributed by atoms with E-state index in [1.165, 1.54) is 13.8 Å². The van der Waals surface area contributed by atoms with Gasteiger partial charge in [-0.25, -0.2) is 4.79 Å². The number of halogens is 7. The number of carbonyl (C=O) groups is 1. The van der Waals surface area contributed by atoms with E-state index < -0.39 is 41.1 Å². The van der Waals surface area contributed by atoms with E-state index >= 15 is 0 Å². The van der Waals surface area contributed by atoms with Crippen LogP contribution >= 0.6 is 0 Å². The fourth-order valence-electron chi connectivity index (χ4n) is 1.53. The summed E-state index contributed by atoms with van der Waals surface area (Å²) < 4.78 is 100. The lowest BCUT2D eigenvalue weighted by Gasteiger charge is -2.29. The van der Waals surface area contributed by atoms with Gasteiger partial charge in [0.05, 0.1) is 18.8 Å². The highest BCUT2D eigenvalue weighted by Crippen LogP contribution is 2.52. The van der Waals surface area contributed by atoms with Crippen molar-refractivity contribution in [1.29, 1.82) is 0 Å². The third kappa shape index (κ3) is 3.51. The third-order valence-electron chi connectivity index (χ3n) is 2.62. The molecule has 0 atom stereocenters. The van der Waals surface area contributed by atoms with E-state index in [1.54, 1.807) is 0 Å². The maximum atomic E-state index is 13.9. The van der Waals surface area contributed by atoms with E-state index in [9.17, 15) is 35.5 Å². The molecule has 0 fully saturated rings. The molecule has 0 radical (unpaired) electrons. The van der Waals surface area contributed by atoms with Crippen LogP contribution in [0.1, 0.15) is 29.9 Å². The zero-order valence-electron chi connectivity index (χ0n) is 12.3. The standard InChI is InChI=1S/C12H11F7N2O3/c1-3-23-7-5-6(8(21-20-7)9(22)24-4-2)10(13,14)11(15,16)12(17,18)19/h5H,3-4H2,1-2H3. The normalized spacial score (nSPS) is 12.9. The quantitative estimate of drug-likeness (QED) is 0.572. The van der Waals surface area contributed by atoms with Crippen LogP contribution in [0, 0.1) is 0 Å². The van der Waals surface area contributed by atoms with Crippen molar-refractivity contribution in [2.45, 2.75) is 31.9 Å². The highest BCUT2D eigenvalue weighted by molar-refractivity contribution is 5.89. The molecule has 0 spiro atoms. The van der Waals surface area contributed by atoms with E-state index in [4.69, 9.17) is 0 Å². The van der Waals surface area contributed by atoms with E-state index in [1.807, 2.05) is 0 Å². The molecule has 1 rings (SSSR count). The van der Waals surface area contributed by atoms with Gasteiger partial charge in [0, 0.05) is 6.07 Å². The second kappa shape index (κ2) is 6.77. The molecule has 0 bridgehead atoms. The number of ether oxygens (including phenoxy) is 2. The van der Waals surface area contributed by atoms with Gasteiger partial charge in [-0.15, -0.1) is 10.2 Å². The highest BCUT2D eigenvalue weighted by Gasteiger charge is 2.74. The topological polar surface area (TPSA) is 61.3 Å². The number of hydrogen-bond acceptors (Lipinski definition) is 5. The monoisotopic (exact) mass is 364 g/mol. The number of hydrogen-bond donors (Lipinski definition) is 0. The Hall–Kier alpha value is -2.14. The van der Waals surface area contributed by atoms with Gasteiger partial charge in [-0.1, -0.05) is 0 Å². The van der Waals surface area contributed by atoms with Gasteiger partial charge in [0.1, 0.15) is 0 Å². The average Bonchev–Trinajstić information content (AvgIpc) is 2.46. The van der Waals surface area contributed by atoms with Crippen molar-refractivity contribution in [3.63, 3.8) is 0 Å². The molecule has 0 saturated heterocycles. The van der Waals surface area contributed by atoms with Crippen LogP contribution in [0.5, 0.6) is 5.88 Å². The van der Waals surface area contributed by atoms with Crippen molar-refractivity contribution in [2.24, 2.45) is 0 Å². The molecular weight excluding hydrogens is 353 g/mol. The van der Waals surface area contributed by atoms with Crippen molar-refractivity contribution in [3.05, 3.63) is 17.3 Å². The summed E-state index contributed by atoms with van der Waals surface area (Å²) in [4.78, 5) is 11.5. The summed E-state index contributed by atoms with van der Waals surface area (Å²) in [6.45, 7) is 2.13. The number of nitrogens with zero attached hydrogens (tertiary/aromatic N) is 2. The van der Waals surface area contributed by atoms with E-state index in [-0.39, 0.29) is 19.3 Å². The molecule has 0 aliphatic heterocycles. The first-order valence-electron chi connectivity index (χ1n) is 6.40. The van der Waals surface area contributed by atoms with Crippen LogP contribution in [0.25, 0.3) is 0 Å². The lowest BCUT2D eigenvalue weighted by atomic mass is 10.0. The molecule has 0 N–H and O–H groups in total. The van der Waals surface area contributed by atoms with Crippen molar-refractivity contribution in [1.82, 2.24) is 10.2 Å². The molecule has 1 aromatic rings. The second-order valence-corrected chi connectivity index (χ2v) is 4.24. The zero-order chi connectivity index (χ0) is 18.8. The minimum absolute atomic E-state index is 0.0996. The van der Waals surface area contributed by atoms with E-state index in [2.05, 4.69) is 19.7 Å². The molecule has 0 aliphatic rings. The average molecular weight is 364 g/mol. The van der Waals surface area contributed by atoms with Gasteiger partial charge in [-0.05, 0) is 13.8 Å². The summed E-state index contributed by atoms with van der Waals surface area (Å²) in [6, 6.07) is 0.0996. The SMILES string of the molecule is CCOC(=O)c1nnc(OCC)cc1C(F)(F)C(F)(F)C(F)(F)F. The summed E-state index contributed by atoms with van der Waals surface area (Å²) in [7, 11) is 0. The first-order chi connectivity index (χ1) is 10.9. The summed E-state index contributed by atoms with van der Waals surface area (Å²) in [5.74, 6) is -14.7. The molecule has 0 unspecified atom stereocenters. The first-order valence-corrected chi connectivity index (χ1v) is 6.40. The zero-order valence-corrected chi connectivity index (χ0v) is 12.3. The Morgan fingerprint density at radius 3 is 2.08 bits per heavy atom. The molecule has 12 heteroatoms. The third-order valence-corrected chi connectivity index (χ3v) is 2.62. The van der Waals surface area contributed by atoms with Crippen molar-refractivity contribution >= 4 is 5.97 Å². The molecule has 1 aromatic heterocycles. The largest absolute Gasteiger partial charge is 0.477 e. The smallest absolute Gasteiger partial charge is 0.460 e. The van der Waals surface area contributed by atoms with Crippen LogP contribution in [0.15, 0.2) is 6.07 Å². The van der Waals surface area contributed by atoms with Gasteiger partial charge in [0.15, 0.2) is 5.69 Å². The molecule has 24 heavy (non-hydrogen) atoms. The van der Waals surface area contributed by atoms with Crippen molar-refractivity contribution < 1.29 is 45.0 Å². The maximum absolute atomic E-state index is 13.9. The molecule has 0 amide bonds. The number of aromatic nitrogens is 2. The Morgan fingerprint density at radius 1 is 1.04 bits per heavy atom. The Kier molecular flexibility index (Phi) is 5.62. The van der Waals surface area contributed by atoms with Gasteiger partial charge < -0.3 is 9.47 Å². The van der Waals surface area contributed by atoms with Crippen LogP contribution in [-0.2, 0) is 10.7 Å². The summed E-state index contributed by atoms with van der Waals surface area (Å²) in [6.07, 6.45) is -6.57. The molecule has 136 valence electrons. The summed E-state index contributed by atoms with van der Waals surface area (Å²) in [5, 5.41) is 6.11. The van der Waals surface area contributed by atoms with Crippen LogP contribution in [0.3, 0.4) is 0 Å². The van der Waals surface area contributed by atoms with Gasteiger partial charge >= 0.3 is 24.0 Å². The predicted octanol–water partition coefficient (Wildman–Crippen LogP) is 3.34. The molecular formula is C12H11F7N2O3. The fourth-order valence-corrected chi connectivity index (χ4v) is 1.53. The Morgan fingerprint density at radius 2 is 1.62 bits per heavy atom.